The molecule has 0 aromatic heterocycles. The normalized spacial score (nSPS) is 10.9. The lowest BCUT2D eigenvalue weighted by atomic mass is 10.1. The highest BCUT2D eigenvalue weighted by Crippen LogP contribution is 2.18. The summed E-state index contributed by atoms with van der Waals surface area (Å²) in [4.78, 5) is 0. The van der Waals surface area contributed by atoms with Crippen LogP contribution in [0.15, 0.2) is 18.2 Å². The van der Waals surface area contributed by atoms with E-state index in [1.165, 1.54) is 6.07 Å². The molecule has 1 aromatic rings. The van der Waals surface area contributed by atoms with Crippen molar-refractivity contribution < 1.29 is 8.42 Å². The van der Waals surface area contributed by atoms with Crippen molar-refractivity contribution >= 4 is 27.3 Å². The Hall–Kier alpha value is -1.25. The van der Waals surface area contributed by atoms with Crippen molar-refractivity contribution in [2.24, 2.45) is 0 Å². The summed E-state index contributed by atoms with van der Waals surface area (Å²) in [6, 6.07) is 6.89. The Morgan fingerprint density at radius 2 is 2.11 bits per heavy atom. The number of nitrogens with zero attached hydrogens (tertiary/aromatic N) is 1. The van der Waals surface area contributed by atoms with Crippen molar-refractivity contribution in [3.63, 3.8) is 0 Å². The monoisotopic (exact) mass is 286 g/mol. The van der Waals surface area contributed by atoms with Gasteiger partial charge < -0.3 is 0 Å². The second kappa shape index (κ2) is 6.62. The fourth-order valence-electron chi connectivity index (χ4n) is 1.41. The Labute approximate surface area is 113 Å². The number of nitriles is 1. The van der Waals surface area contributed by atoms with Gasteiger partial charge >= 0.3 is 0 Å². The van der Waals surface area contributed by atoms with Crippen LogP contribution in [0.25, 0.3) is 0 Å². The largest absolute Gasteiger partial charge is 0.283 e. The molecular weight excluding hydrogens is 272 g/mol. The van der Waals surface area contributed by atoms with Crippen molar-refractivity contribution in [1.29, 1.82) is 5.26 Å². The number of hydrogen-bond donors (Lipinski definition) is 1. The molecule has 4 nitrogen and oxygen atoms in total. The van der Waals surface area contributed by atoms with Crippen molar-refractivity contribution in [3.8, 4) is 6.07 Å². The van der Waals surface area contributed by atoms with Crippen LogP contribution in [0.5, 0.6) is 0 Å². The molecule has 1 N–H and O–H groups in total. The molecule has 1 rings (SSSR count). The lowest BCUT2D eigenvalue weighted by molar-refractivity contribution is 0.598. The number of rotatable bonds is 6. The van der Waals surface area contributed by atoms with Crippen LogP contribution in [0, 0.1) is 18.3 Å². The molecular formula is C12H15ClN2O2S. The molecule has 6 heteroatoms. The number of alkyl halides is 1. The first-order chi connectivity index (χ1) is 8.48. The summed E-state index contributed by atoms with van der Waals surface area (Å²) >= 11 is 5.50. The van der Waals surface area contributed by atoms with Gasteiger partial charge in [-0.05, 0) is 37.5 Å². The van der Waals surface area contributed by atoms with Crippen LogP contribution in [0.4, 0.5) is 5.69 Å². The molecule has 0 unspecified atom stereocenters. The number of benzene rings is 1. The fourth-order valence-corrected chi connectivity index (χ4v) is 2.84. The van der Waals surface area contributed by atoms with Crippen LogP contribution in [0.2, 0.25) is 0 Å². The van der Waals surface area contributed by atoms with Gasteiger partial charge in [-0.15, -0.1) is 11.6 Å². The van der Waals surface area contributed by atoms with Gasteiger partial charge in [0.2, 0.25) is 10.0 Å². The average Bonchev–Trinajstić information content (AvgIpc) is 2.32. The summed E-state index contributed by atoms with van der Waals surface area (Å²) in [5.74, 6) is 0.494. The van der Waals surface area contributed by atoms with Gasteiger partial charge in [-0.25, -0.2) is 8.42 Å². The Bertz CT molecular complexity index is 550. The molecule has 0 fully saturated rings. The van der Waals surface area contributed by atoms with Crippen LogP contribution in [-0.2, 0) is 10.0 Å². The summed E-state index contributed by atoms with van der Waals surface area (Å²) in [7, 11) is -3.37. The van der Waals surface area contributed by atoms with E-state index in [4.69, 9.17) is 16.9 Å². The highest BCUT2D eigenvalue weighted by atomic mass is 35.5. The quantitative estimate of drug-likeness (QED) is 0.645. The summed E-state index contributed by atoms with van der Waals surface area (Å²) in [5.41, 5.74) is 1.67. The van der Waals surface area contributed by atoms with Crippen molar-refractivity contribution in [2.75, 3.05) is 16.4 Å². The van der Waals surface area contributed by atoms with E-state index < -0.39 is 10.0 Å². The van der Waals surface area contributed by atoms with Gasteiger partial charge in [-0.3, -0.25) is 4.72 Å². The zero-order chi connectivity index (χ0) is 13.6. The molecule has 0 bridgehead atoms. The molecule has 18 heavy (non-hydrogen) atoms. The highest BCUT2D eigenvalue weighted by molar-refractivity contribution is 7.92. The predicted octanol–water partition coefficient (Wildman–Crippen LogP) is 2.63. The maximum Gasteiger partial charge on any atom is 0.232 e. The first-order valence-electron chi connectivity index (χ1n) is 5.56. The lowest BCUT2D eigenvalue weighted by Crippen LogP contribution is -2.17. The van der Waals surface area contributed by atoms with E-state index in [0.29, 0.717) is 30.0 Å². The van der Waals surface area contributed by atoms with Gasteiger partial charge in [-0.2, -0.15) is 5.26 Å². The molecule has 0 radical (unpaired) electrons. The van der Waals surface area contributed by atoms with Crippen LogP contribution in [0.1, 0.15) is 24.0 Å². The maximum absolute atomic E-state index is 11.8. The number of hydrogen-bond acceptors (Lipinski definition) is 3. The lowest BCUT2D eigenvalue weighted by Gasteiger charge is -2.10. The van der Waals surface area contributed by atoms with E-state index >= 15 is 0 Å². The smallest absolute Gasteiger partial charge is 0.232 e. The third-order valence-electron chi connectivity index (χ3n) is 2.43. The van der Waals surface area contributed by atoms with Crippen LogP contribution in [0.3, 0.4) is 0 Å². The summed E-state index contributed by atoms with van der Waals surface area (Å²) < 4.78 is 26.1. The molecule has 0 heterocycles. The molecule has 0 aliphatic carbocycles. The molecule has 0 aliphatic rings. The van der Waals surface area contributed by atoms with Crippen LogP contribution in [-0.4, -0.2) is 20.1 Å². The molecule has 0 amide bonds. The standard InChI is InChI=1S/C12H15ClN2O2S/c1-10-4-5-11(9-14)8-12(10)15-18(16,17)7-3-2-6-13/h4-5,8,15H,2-3,6-7H2,1H3. The molecule has 0 saturated carbocycles. The molecule has 0 atom stereocenters. The van der Waals surface area contributed by atoms with E-state index in [1.807, 2.05) is 6.07 Å². The number of nitrogens with one attached hydrogen (secondary N) is 1. The zero-order valence-electron chi connectivity index (χ0n) is 10.1. The second-order valence-corrected chi connectivity index (χ2v) is 6.18. The van der Waals surface area contributed by atoms with Crippen LogP contribution >= 0.6 is 11.6 Å². The SMILES string of the molecule is Cc1ccc(C#N)cc1NS(=O)(=O)CCCCCl. The summed E-state index contributed by atoms with van der Waals surface area (Å²) in [6.07, 6.45) is 1.19. The minimum absolute atomic E-state index is 0.0376. The Kier molecular flexibility index (Phi) is 5.45. The van der Waals surface area contributed by atoms with Gasteiger partial charge in [0.15, 0.2) is 0 Å². The number of halogens is 1. The topological polar surface area (TPSA) is 70.0 Å². The molecule has 0 saturated heterocycles. The third kappa shape index (κ3) is 4.55. The van der Waals surface area contributed by atoms with Crippen molar-refractivity contribution in [1.82, 2.24) is 0 Å². The average molecular weight is 287 g/mol. The number of aryl methyl sites for hydroxylation is 1. The summed E-state index contributed by atoms with van der Waals surface area (Å²) in [5, 5.41) is 8.78. The van der Waals surface area contributed by atoms with E-state index in [2.05, 4.69) is 4.72 Å². The van der Waals surface area contributed by atoms with Gasteiger partial charge in [0, 0.05) is 5.88 Å². The maximum atomic E-state index is 11.8. The van der Waals surface area contributed by atoms with E-state index in [1.54, 1.807) is 19.1 Å². The van der Waals surface area contributed by atoms with E-state index in [0.717, 1.165) is 5.56 Å². The van der Waals surface area contributed by atoms with Gasteiger partial charge in [0.25, 0.3) is 0 Å². The van der Waals surface area contributed by atoms with Crippen molar-refractivity contribution in [3.05, 3.63) is 29.3 Å². The van der Waals surface area contributed by atoms with Crippen molar-refractivity contribution in [2.45, 2.75) is 19.8 Å². The first-order valence-corrected chi connectivity index (χ1v) is 7.74. The van der Waals surface area contributed by atoms with Gasteiger partial charge in [-0.1, -0.05) is 6.07 Å². The number of sulfonamides is 1. The minimum Gasteiger partial charge on any atom is -0.283 e. The first kappa shape index (κ1) is 14.8. The zero-order valence-corrected chi connectivity index (χ0v) is 11.7. The minimum atomic E-state index is -3.37. The highest BCUT2D eigenvalue weighted by Gasteiger charge is 2.11. The number of unbranched alkanes of at least 4 members (excludes halogenated alkanes) is 1. The molecule has 98 valence electrons. The van der Waals surface area contributed by atoms with Gasteiger partial charge in [0.1, 0.15) is 0 Å². The molecule has 0 spiro atoms. The van der Waals surface area contributed by atoms with E-state index in [-0.39, 0.29) is 5.75 Å². The molecule has 1 aromatic carbocycles. The second-order valence-electron chi connectivity index (χ2n) is 3.96. The Morgan fingerprint density at radius 1 is 1.39 bits per heavy atom. The number of anilines is 1. The summed E-state index contributed by atoms with van der Waals surface area (Å²) in [6.45, 7) is 1.79. The molecule has 0 aliphatic heterocycles. The Morgan fingerprint density at radius 3 is 2.72 bits per heavy atom. The third-order valence-corrected chi connectivity index (χ3v) is 4.05. The fraction of sp³-hybridized carbons (Fsp3) is 0.417. The van der Waals surface area contributed by atoms with Crippen LogP contribution < -0.4 is 4.72 Å². The predicted molar refractivity (Wildman–Crippen MR) is 73.3 cm³/mol. The van der Waals surface area contributed by atoms with E-state index in [9.17, 15) is 8.42 Å². The Balaban J connectivity index is 2.81. The van der Waals surface area contributed by atoms with Gasteiger partial charge in [0.05, 0.1) is 23.1 Å².